The van der Waals surface area contributed by atoms with Crippen LogP contribution in [-0.4, -0.2) is 19.7 Å². The minimum absolute atomic E-state index is 0.225. The van der Waals surface area contributed by atoms with Crippen LogP contribution in [0.2, 0.25) is 0 Å². The molecule has 0 bridgehead atoms. The molecule has 2 aromatic rings. The van der Waals surface area contributed by atoms with Gasteiger partial charge in [-0.1, -0.05) is 0 Å². The highest BCUT2D eigenvalue weighted by atomic mass is 15.3. The number of aromatic nitrogens is 4. The first-order valence-electron chi connectivity index (χ1n) is 4.69. The van der Waals surface area contributed by atoms with Gasteiger partial charge in [-0.3, -0.25) is 4.68 Å². The van der Waals surface area contributed by atoms with Gasteiger partial charge in [0, 0.05) is 25.0 Å². The summed E-state index contributed by atoms with van der Waals surface area (Å²) < 4.78 is 1.78. The summed E-state index contributed by atoms with van der Waals surface area (Å²) in [5.74, 6) is 0. The van der Waals surface area contributed by atoms with Crippen molar-refractivity contribution < 1.29 is 0 Å². The zero-order valence-corrected chi connectivity index (χ0v) is 8.75. The molecule has 15 heavy (non-hydrogen) atoms. The van der Waals surface area contributed by atoms with Gasteiger partial charge in [-0.15, -0.1) is 0 Å². The number of nitrogens with zero attached hydrogens (tertiary/aromatic N) is 4. The molecule has 0 saturated heterocycles. The second-order valence-corrected chi connectivity index (χ2v) is 3.48. The fourth-order valence-electron chi connectivity index (χ4n) is 1.56. The van der Waals surface area contributed by atoms with Gasteiger partial charge in [0.1, 0.15) is 6.33 Å². The summed E-state index contributed by atoms with van der Waals surface area (Å²) in [6.45, 7) is 1.94. The zero-order chi connectivity index (χ0) is 10.8. The number of rotatable bonds is 2. The van der Waals surface area contributed by atoms with Gasteiger partial charge in [-0.25, -0.2) is 9.97 Å². The van der Waals surface area contributed by atoms with Gasteiger partial charge in [0.2, 0.25) is 0 Å². The van der Waals surface area contributed by atoms with E-state index < -0.39 is 0 Å². The second kappa shape index (κ2) is 3.78. The highest BCUT2D eigenvalue weighted by Crippen LogP contribution is 2.17. The SMILES string of the molecule is Cc1cc(C(N)c2cncnc2)n(C)n1. The quantitative estimate of drug-likeness (QED) is 0.774. The van der Waals surface area contributed by atoms with Crippen LogP contribution in [0.15, 0.2) is 24.8 Å². The molecule has 0 aliphatic heterocycles. The summed E-state index contributed by atoms with van der Waals surface area (Å²) in [7, 11) is 1.88. The minimum Gasteiger partial charge on any atom is -0.319 e. The Kier molecular flexibility index (Phi) is 2.47. The Balaban J connectivity index is 2.36. The molecule has 0 radical (unpaired) electrons. The van der Waals surface area contributed by atoms with Crippen LogP contribution in [0.25, 0.3) is 0 Å². The molecule has 78 valence electrons. The molecule has 0 amide bonds. The molecule has 5 nitrogen and oxygen atoms in total. The maximum absolute atomic E-state index is 6.09. The van der Waals surface area contributed by atoms with Gasteiger partial charge >= 0.3 is 0 Å². The van der Waals surface area contributed by atoms with Crippen molar-refractivity contribution >= 4 is 0 Å². The Hall–Kier alpha value is -1.75. The maximum atomic E-state index is 6.09. The molecular weight excluding hydrogens is 190 g/mol. The van der Waals surface area contributed by atoms with Gasteiger partial charge in [0.05, 0.1) is 17.4 Å². The average molecular weight is 203 g/mol. The number of aryl methyl sites for hydroxylation is 2. The van der Waals surface area contributed by atoms with Crippen molar-refractivity contribution in [2.75, 3.05) is 0 Å². The van der Waals surface area contributed by atoms with Crippen molar-refractivity contribution in [2.24, 2.45) is 12.8 Å². The number of hydrogen-bond acceptors (Lipinski definition) is 4. The van der Waals surface area contributed by atoms with Crippen LogP contribution in [0, 0.1) is 6.92 Å². The summed E-state index contributed by atoms with van der Waals surface area (Å²) in [5, 5.41) is 4.25. The van der Waals surface area contributed by atoms with E-state index in [4.69, 9.17) is 5.73 Å². The predicted octanol–water partition coefficient (Wildman–Crippen LogP) is 0.567. The smallest absolute Gasteiger partial charge is 0.115 e. The van der Waals surface area contributed by atoms with Crippen molar-refractivity contribution in [1.82, 2.24) is 19.7 Å². The van der Waals surface area contributed by atoms with Crippen molar-refractivity contribution in [2.45, 2.75) is 13.0 Å². The van der Waals surface area contributed by atoms with E-state index in [9.17, 15) is 0 Å². The van der Waals surface area contributed by atoms with Gasteiger partial charge in [-0.05, 0) is 13.0 Å². The lowest BCUT2D eigenvalue weighted by Crippen LogP contribution is -2.16. The van der Waals surface area contributed by atoms with Crippen LogP contribution in [0.4, 0.5) is 0 Å². The average Bonchev–Trinajstić information content (AvgIpc) is 2.58. The van der Waals surface area contributed by atoms with Crippen molar-refractivity contribution in [3.8, 4) is 0 Å². The maximum Gasteiger partial charge on any atom is 0.115 e. The van der Waals surface area contributed by atoms with Gasteiger partial charge < -0.3 is 5.73 Å². The Morgan fingerprint density at radius 3 is 2.53 bits per heavy atom. The second-order valence-electron chi connectivity index (χ2n) is 3.48. The Bertz CT molecular complexity index is 448. The van der Waals surface area contributed by atoms with Crippen molar-refractivity contribution in [3.05, 3.63) is 41.7 Å². The van der Waals surface area contributed by atoms with E-state index in [0.29, 0.717) is 0 Å². The highest BCUT2D eigenvalue weighted by Gasteiger charge is 2.13. The van der Waals surface area contributed by atoms with E-state index in [1.807, 2.05) is 20.0 Å². The van der Waals surface area contributed by atoms with Gasteiger partial charge in [0.25, 0.3) is 0 Å². The standard InChI is InChI=1S/C10H13N5/c1-7-3-9(15(2)14-7)10(11)8-4-12-6-13-5-8/h3-6,10H,11H2,1-2H3. The lowest BCUT2D eigenvalue weighted by atomic mass is 10.1. The zero-order valence-electron chi connectivity index (χ0n) is 8.75. The molecule has 2 aromatic heterocycles. The third-order valence-corrected chi connectivity index (χ3v) is 2.30. The minimum atomic E-state index is -0.225. The van der Waals surface area contributed by atoms with E-state index in [1.54, 1.807) is 17.1 Å². The molecular formula is C10H13N5. The Morgan fingerprint density at radius 2 is 2.00 bits per heavy atom. The summed E-state index contributed by atoms with van der Waals surface area (Å²) in [4.78, 5) is 7.89. The number of nitrogens with two attached hydrogens (primary N) is 1. The van der Waals surface area contributed by atoms with Crippen LogP contribution in [0.5, 0.6) is 0 Å². The largest absolute Gasteiger partial charge is 0.319 e. The molecule has 0 fully saturated rings. The fraction of sp³-hybridized carbons (Fsp3) is 0.300. The fourth-order valence-corrected chi connectivity index (χ4v) is 1.56. The third-order valence-electron chi connectivity index (χ3n) is 2.30. The van der Waals surface area contributed by atoms with Crippen LogP contribution in [-0.2, 0) is 7.05 Å². The van der Waals surface area contributed by atoms with E-state index in [0.717, 1.165) is 17.0 Å². The Morgan fingerprint density at radius 1 is 1.33 bits per heavy atom. The summed E-state index contributed by atoms with van der Waals surface area (Å²) in [5.41, 5.74) is 8.90. The molecule has 1 atom stereocenters. The normalized spacial score (nSPS) is 12.7. The van der Waals surface area contributed by atoms with E-state index in [2.05, 4.69) is 15.1 Å². The van der Waals surface area contributed by atoms with Crippen LogP contribution in [0.3, 0.4) is 0 Å². The molecule has 0 spiro atoms. The first-order chi connectivity index (χ1) is 7.18. The Labute approximate surface area is 88.0 Å². The third kappa shape index (κ3) is 1.87. The van der Waals surface area contributed by atoms with Crippen molar-refractivity contribution in [3.63, 3.8) is 0 Å². The molecule has 5 heteroatoms. The molecule has 2 rings (SSSR count). The van der Waals surface area contributed by atoms with Gasteiger partial charge in [0.15, 0.2) is 0 Å². The summed E-state index contributed by atoms with van der Waals surface area (Å²) in [6.07, 6.45) is 4.94. The van der Waals surface area contributed by atoms with Crippen molar-refractivity contribution in [1.29, 1.82) is 0 Å². The highest BCUT2D eigenvalue weighted by molar-refractivity contribution is 5.24. The molecule has 0 aromatic carbocycles. The number of hydrogen-bond donors (Lipinski definition) is 1. The monoisotopic (exact) mass is 203 g/mol. The summed E-state index contributed by atoms with van der Waals surface area (Å²) in [6, 6.07) is 1.75. The van der Waals surface area contributed by atoms with Crippen LogP contribution >= 0.6 is 0 Å². The predicted molar refractivity (Wildman–Crippen MR) is 56.0 cm³/mol. The molecule has 2 heterocycles. The summed E-state index contributed by atoms with van der Waals surface area (Å²) >= 11 is 0. The molecule has 0 saturated carbocycles. The van der Waals surface area contributed by atoms with E-state index in [1.165, 1.54) is 6.33 Å². The van der Waals surface area contributed by atoms with Gasteiger partial charge in [-0.2, -0.15) is 5.10 Å². The van der Waals surface area contributed by atoms with E-state index in [-0.39, 0.29) is 6.04 Å². The molecule has 2 N–H and O–H groups in total. The first-order valence-corrected chi connectivity index (χ1v) is 4.69. The molecule has 1 unspecified atom stereocenters. The van der Waals surface area contributed by atoms with E-state index >= 15 is 0 Å². The first kappa shape index (κ1) is 9.79. The topological polar surface area (TPSA) is 69.6 Å². The molecule has 0 aliphatic carbocycles. The lowest BCUT2D eigenvalue weighted by Gasteiger charge is -2.10. The van der Waals surface area contributed by atoms with Crippen LogP contribution in [0.1, 0.15) is 23.0 Å². The molecule has 0 aliphatic rings. The van der Waals surface area contributed by atoms with Crippen LogP contribution < -0.4 is 5.73 Å². The lowest BCUT2D eigenvalue weighted by molar-refractivity contribution is 0.666.